The van der Waals surface area contributed by atoms with Crippen LogP contribution in [-0.4, -0.2) is 44.5 Å². The quantitative estimate of drug-likeness (QED) is 0.689. The number of hydrogen-bond acceptors (Lipinski definition) is 5. The van der Waals surface area contributed by atoms with Gasteiger partial charge in [-0.2, -0.15) is 0 Å². The first-order valence-electron chi connectivity index (χ1n) is 9.02. The van der Waals surface area contributed by atoms with E-state index in [2.05, 4.69) is 20.7 Å². The summed E-state index contributed by atoms with van der Waals surface area (Å²) < 4.78 is 4.48. The first kappa shape index (κ1) is 18.4. The number of carbonyl (C=O) groups is 3. The summed E-state index contributed by atoms with van der Waals surface area (Å²) in [7, 11) is 1.27. The third-order valence-electron chi connectivity index (χ3n) is 5.52. The van der Waals surface area contributed by atoms with Crippen LogP contribution in [0.15, 0.2) is 24.3 Å². The number of esters is 1. The minimum absolute atomic E-state index is 0.0649. The van der Waals surface area contributed by atoms with Crippen molar-refractivity contribution in [1.29, 1.82) is 0 Å². The summed E-state index contributed by atoms with van der Waals surface area (Å²) in [4.78, 5) is 36.0. The van der Waals surface area contributed by atoms with Crippen molar-refractivity contribution in [1.82, 2.24) is 10.6 Å². The monoisotopic (exact) mass is 359 g/mol. The third-order valence-corrected chi connectivity index (χ3v) is 5.52. The molecule has 7 heteroatoms. The molecule has 1 aliphatic heterocycles. The molecule has 0 unspecified atom stereocenters. The number of anilines is 1. The molecule has 2 atom stereocenters. The molecule has 2 amide bonds. The molecule has 1 saturated carbocycles. The maximum Gasteiger partial charge on any atom is 0.325 e. The Hall–Kier alpha value is -2.41. The van der Waals surface area contributed by atoms with Crippen LogP contribution in [0.2, 0.25) is 0 Å². The Morgan fingerprint density at radius 1 is 1.23 bits per heavy atom. The van der Waals surface area contributed by atoms with Gasteiger partial charge in [0.05, 0.1) is 12.5 Å². The zero-order valence-electron chi connectivity index (χ0n) is 15.0. The van der Waals surface area contributed by atoms with Crippen molar-refractivity contribution in [3.05, 3.63) is 29.8 Å². The highest BCUT2D eigenvalue weighted by atomic mass is 16.5. The molecule has 0 spiro atoms. The third kappa shape index (κ3) is 3.72. The average molecular weight is 359 g/mol. The van der Waals surface area contributed by atoms with Crippen LogP contribution < -0.4 is 16.0 Å². The van der Waals surface area contributed by atoms with Crippen molar-refractivity contribution in [2.24, 2.45) is 11.3 Å². The lowest BCUT2D eigenvalue weighted by atomic mass is 9.67. The minimum Gasteiger partial charge on any atom is -0.468 e. The van der Waals surface area contributed by atoms with Crippen LogP contribution in [0, 0.1) is 11.3 Å². The van der Waals surface area contributed by atoms with E-state index in [1.807, 2.05) is 0 Å². The molecule has 0 radical (unpaired) electrons. The number of ether oxygens (including phenoxy) is 1. The van der Waals surface area contributed by atoms with Gasteiger partial charge in [0.25, 0.3) is 5.91 Å². The van der Waals surface area contributed by atoms with Crippen LogP contribution in [0.25, 0.3) is 0 Å². The van der Waals surface area contributed by atoms with Crippen molar-refractivity contribution < 1.29 is 19.1 Å². The molecule has 2 aliphatic rings. The summed E-state index contributed by atoms with van der Waals surface area (Å²) in [5.74, 6) is -0.400. The fourth-order valence-corrected chi connectivity index (χ4v) is 3.98. The van der Waals surface area contributed by atoms with Crippen LogP contribution in [-0.2, 0) is 14.3 Å². The lowest BCUT2D eigenvalue weighted by Crippen LogP contribution is -2.44. The van der Waals surface area contributed by atoms with Crippen LogP contribution >= 0.6 is 0 Å². The summed E-state index contributed by atoms with van der Waals surface area (Å²) in [5.41, 5.74) is 0.780. The Kier molecular flexibility index (Phi) is 5.56. The Balaban J connectivity index is 1.61. The lowest BCUT2D eigenvalue weighted by Gasteiger charge is -2.37. The smallest absolute Gasteiger partial charge is 0.325 e. The van der Waals surface area contributed by atoms with Crippen molar-refractivity contribution in [2.75, 3.05) is 32.1 Å². The van der Waals surface area contributed by atoms with Gasteiger partial charge in [-0.25, -0.2) is 0 Å². The zero-order chi connectivity index (χ0) is 18.6. The van der Waals surface area contributed by atoms with Gasteiger partial charge in [-0.1, -0.05) is 12.8 Å². The van der Waals surface area contributed by atoms with Gasteiger partial charge in [-0.05, 0) is 49.6 Å². The van der Waals surface area contributed by atoms with Crippen LogP contribution in [0.3, 0.4) is 0 Å². The second kappa shape index (κ2) is 7.86. The Morgan fingerprint density at radius 3 is 2.73 bits per heavy atom. The van der Waals surface area contributed by atoms with Gasteiger partial charge in [0.15, 0.2) is 0 Å². The number of hydrogen-bond donors (Lipinski definition) is 3. The highest BCUT2D eigenvalue weighted by Gasteiger charge is 2.49. The fraction of sp³-hybridized carbons (Fsp3) is 0.526. The first-order chi connectivity index (χ1) is 12.5. The van der Waals surface area contributed by atoms with Gasteiger partial charge in [-0.15, -0.1) is 0 Å². The molecular formula is C19H25N3O4. The molecule has 1 aliphatic carbocycles. The van der Waals surface area contributed by atoms with E-state index < -0.39 is 5.97 Å². The lowest BCUT2D eigenvalue weighted by molar-refractivity contribution is -0.139. The van der Waals surface area contributed by atoms with E-state index >= 15 is 0 Å². The van der Waals surface area contributed by atoms with E-state index in [0.29, 0.717) is 17.2 Å². The van der Waals surface area contributed by atoms with Gasteiger partial charge in [-0.3, -0.25) is 14.4 Å². The highest BCUT2D eigenvalue weighted by molar-refractivity contribution is 5.98. The molecule has 1 aromatic rings. The summed E-state index contributed by atoms with van der Waals surface area (Å²) >= 11 is 0. The largest absolute Gasteiger partial charge is 0.468 e. The van der Waals surface area contributed by atoms with Gasteiger partial charge in [0.2, 0.25) is 5.91 Å². The number of carbonyl (C=O) groups excluding carboxylic acids is 3. The fourth-order valence-electron chi connectivity index (χ4n) is 3.98. The summed E-state index contributed by atoms with van der Waals surface area (Å²) in [6, 6.07) is 6.68. The Morgan fingerprint density at radius 2 is 2.00 bits per heavy atom. The molecule has 7 nitrogen and oxygen atoms in total. The highest BCUT2D eigenvalue weighted by Crippen LogP contribution is 2.44. The molecule has 140 valence electrons. The topological polar surface area (TPSA) is 96.5 Å². The van der Waals surface area contributed by atoms with E-state index in [1.54, 1.807) is 24.3 Å². The number of nitrogens with one attached hydrogen (secondary N) is 3. The van der Waals surface area contributed by atoms with E-state index in [1.165, 1.54) is 13.5 Å². The van der Waals surface area contributed by atoms with E-state index in [-0.39, 0.29) is 23.8 Å². The second-order valence-corrected chi connectivity index (χ2v) is 7.02. The van der Waals surface area contributed by atoms with Gasteiger partial charge < -0.3 is 20.7 Å². The number of amides is 2. The Bertz CT molecular complexity index is 689. The van der Waals surface area contributed by atoms with E-state index in [0.717, 1.165) is 32.4 Å². The van der Waals surface area contributed by atoms with Crippen LogP contribution in [0.5, 0.6) is 0 Å². The van der Waals surface area contributed by atoms with E-state index in [4.69, 9.17) is 0 Å². The number of methoxy groups -OCH3 is 1. The number of benzene rings is 1. The SMILES string of the molecule is COC(=O)CNC(=O)c1ccc(NC(=O)[C@@]23CCCC[C@H]2CNC3)cc1. The molecule has 3 N–H and O–H groups in total. The molecule has 1 heterocycles. The maximum absolute atomic E-state index is 12.9. The predicted molar refractivity (Wildman–Crippen MR) is 96.7 cm³/mol. The number of rotatable bonds is 5. The molecule has 2 fully saturated rings. The van der Waals surface area contributed by atoms with Crippen molar-refractivity contribution in [3.63, 3.8) is 0 Å². The molecule has 26 heavy (non-hydrogen) atoms. The van der Waals surface area contributed by atoms with Crippen molar-refractivity contribution in [2.45, 2.75) is 25.7 Å². The normalized spacial score (nSPS) is 24.4. The van der Waals surface area contributed by atoms with Crippen LogP contribution in [0.1, 0.15) is 36.0 Å². The molecule has 0 aromatic heterocycles. The standard InChI is InChI=1S/C19H25N3O4/c1-26-16(23)11-21-17(24)13-5-7-15(8-6-13)22-18(25)19-9-3-2-4-14(19)10-20-12-19/h5-8,14,20H,2-4,9-12H2,1H3,(H,21,24)(H,22,25)/t14-,19+/m0/s1. The zero-order valence-corrected chi connectivity index (χ0v) is 15.0. The van der Waals surface area contributed by atoms with E-state index in [9.17, 15) is 14.4 Å². The van der Waals surface area contributed by atoms with Crippen LogP contribution in [0.4, 0.5) is 5.69 Å². The molecule has 1 saturated heterocycles. The van der Waals surface area contributed by atoms with Gasteiger partial charge in [0.1, 0.15) is 6.54 Å². The first-order valence-corrected chi connectivity index (χ1v) is 9.02. The average Bonchev–Trinajstić information content (AvgIpc) is 3.11. The van der Waals surface area contributed by atoms with Gasteiger partial charge in [0, 0.05) is 17.8 Å². The Labute approximate surface area is 152 Å². The molecule has 3 rings (SSSR count). The predicted octanol–water partition coefficient (Wildman–Crippen LogP) is 1.31. The van der Waals surface area contributed by atoms with Crippen molar-refractivity contribution >= 4 is 23.5 Å². The minimum atomic E-state index is -0.506. The summed E-state index contributed by atoms with van der Waals surface area (Å²) in [5, 5.41) is 8.87. The molecular weight excluding hydrogens is 334 g/mol. The van der Waals surface area contributed by atoms with Gasteiger partial charge >= 0.3 is 5.97 Å². The molecule has 1 aromatic carbocycles. The number of fused-ring (bicyclic) bond motifs is 1. The summed E-state index contributed by atoms with van der Waals surface area (Å²) in [6.45, 7) is 1.47. The maximum atomic E-state index is 12.9. The molecule has 0 bridgehead atoms. The summed E-state index contributed by atoms with van der Waals surface area (Å²) in [6.07, 6.45) is 4.30. The van der Waals surface area contributed by atoms with Crippen molar-refractivity contribution in [3.8, 4) is 0 Å². The second-order valence-electron chi connectivity index (χ2n) is 7.02.